The third kappa shape index (κ3) is 4.07. The summed E-state index contributed by atoms with van der Waals surface area (Å²) in [5, 5.41) is 11.6. The molecule has 1 aromatic heterocycles. The van der Waals surface area contributed by atoms with Crippen molar-refractivity contribution in [3.8, 4) is 0 Å². The molecule has 0 radical (unpaired) electrons. The summed E-state index contributed by atoms with van der Waals surface area (Å²) in [4.78, 5) is 2.53. The number of hydrogen-bond acceptors (Lipinski definition) is 4. The Morgan fingerprint density at radius 3 is 2.83 bits per heavy atom. The normalized spacial score (nSPS) is 18.3. The first-order valence-electron chi connectivity index (χ1n) is 7.10. The van der Waals surface area contributed by atoms with Crippen molar-refractivity contribution in [3.05, 3.63) is 11.9 Å². The number of likely N-dealkylation sites (tertiary alicyclic amines) is 1. The Morgan fingerprint density at radius 2 is 2.11 bits per heavy atom. The molecule has 1 aliphatic heterocycles. The van der Waals surface area contributed by atoms with E-state index in [4.69, 9.17) is 0 Å². The highest BCUT2D eigenvalue weighted by atomic mass is 15.4. The van der Waals surface area contributed by atoms with Crippen molar-refractivity contribution in [3.63, 3.8) is 0 Å². The van der Waals surface area contributed by atoms with Crippen LogP contribution in [-0.2, 0) is 13.1 Å². The van der Waals surface area contributed by atoms with Gasteiger partial charge in [0, 0.05) is 19.3 Å². The van der Waals surface area contributed by atoms with Gasteiger partial charge in [-0.05, 0) is 38.4 Å². The van der Waals surface area contributed by atoms with Gasteiger partial charge in [0.05, 0.1) is 12.2 Å². The van der Waals surface area contributed by atoms with E-state index in [0.29, 0.717) is 0 Å². The maximum Gasteiger partial charge on any atom is 0.0964 e. The smallest absolute Gasteiger partial charge is 0.0964 e. The van der Waals surface area contributed by atoms with Gasteiger partial charge in [0.1, 0.15) is 0 Å². The van der Waals surface area contributed by atoms with Gasteiger partial charge in [0.2, 0.25) is 0 Å². The monoisotopic (exact) mass is 251 g/mol. The standard InChI is InChI=1S/C13H25N5/c1-3-14-10-13-11-18(16-15-13)9-8-17-6-4-12(2)5-7-17/h11-12,14H,3-10H2,1-2H3. The molecule has 0 saturated carbocycles. The fourth-order valence-electron chi connectivity index (χ4n) is 2.31. The van der Waals surface area contributed by atoms with Crippen LogP contribution < -0.4 is 5.32 Å². The first-order chi connectivity index (χ1) is 8.78. The second-order valence-electron chi connectivity index (χ2n) is 5.28. The molecule has 1 aromatic rings. The van der Waals surface area contributed by atoms with E-state index < -0.39 is 0 Å². The van der Waals surface area contributed by atoms with Crippen molar-refractivity contribution < 1.29 is 0 Å². The van der Waals surface area contributed by atoms with Crippen LogP contribution in [0.5, 0.6) is 0 Å². The molecule has 0 aliphatic carbocycles. The summed E-state index contributed by atoms with van der Waals surface area (Å²) in [5.41, 5.74) is 1.03. The molecule has 2 heterocycles. The Hall–Kier alpha value is -0.940. The first-order valence-corrected chi connectivity index (χ1v) is 7.10. The van der Waals surface area contributed by atoms with E-state index in [0.717, 1.165) is 37.8 Å². The molecule has 0 aromatic carbocycles. The van der Waals surface area contributed by atoms with Crippen LogP contribution in [0.3, 0.4) is 0 Å². The van der Waals surface area contributed by atoms with Gasteiger partial charge in [-0.1, -0.05) is 19.1 Å². The van der Waals surface area contributed by atoms with Gasteiger partial charge in [0.15, 0.2) is 0 Å². The highest BCUT2D eigenvalue weighted by molar-refractivity contribution is 4.91. The van der Waals surface area contributed by atoms with E-state index in [-0.39, 0.29) is 0 Å². The average molecular weight is 251 g/mol. The molecular weight excluding hydrogens is 226 g/mol. The number of hydrogen-bond donors (Lipinski definition) is 1. The van der Waals surface area contributed by atoms with Crippen molar-refractivity contribution in [2.75, 3.05) is 26.2 Å². The molecule has 0 spiro atoms. The third-order valence-corrected chi connectivity index (χ3v) is 3.66. The summed E-state index contributed by atoms with van der Waals surface area (Å²) in [6.07, 6.45) is 4.72. The topological polar surface area (TPSA) is 46.0 Å². The van der Waals surface area contributed by atoms with Crippen molar-refractivity contribution >= 4 is 0 Å². The molecule has 1 aliphatic rings. The van der Waals surface area contributed by atoms with Gasteiger partial charge >= 0.3 is 0 Å². The number of piperidine rings is 1. The van der Waals surface area contributed by atoms with Crippen LogP contribution in [-0.4, -0.2) is 46.1 Å². The number of nitrogens with one attached hydrogen (secondary N) is 1. The lowest BCUT2D eigenvalue weighted by Crippen LogP contribution is -2.35. The summed E-state index contributed by atoms with van der Waals surface area (Å²) in [6.45, 7) is 10.8. The van der Waals surface area contributed by atoms with Crippen molar-refractivity contribution in [1.29, 1.82) is 0 Å². The van der Waals surface area contributed by atoms with E-state index >= 15 is 0 Å². The van der Waals surface area contributed by atoms with E-state index in [1.165, 1.54) is 25.9 Å². The molecule has 2 rings (SSSR count). The van der Waals surface area contributed by atoms with Gasteiger partial charge in [-0.25, -0.2) is 0 Å². The van der Waals surface area contributed by atoms with Crippen molar-refractivity contribution in [1.82, 2.24) is 25.2 Å². The molecule has 0 amide bonds. The fourth-order valence-corrected chi connectivity index (χ4v) is 2.31. The predicted molar refractivity (Wildman–Crippen MR) is 72.2 cm³/mol. The molecule has 0 atom stereocenters. The maximum absolute atomic E-state index is 4.17. The molecule has 102 valence electrons. The number of rotatable bonds is 6. The van der Waals surface area contributed by atoms with Gasteiger partial charge < -0.3 is 10.2 Å². The molecule has 1 N–H and O–H groups in total. The zero-order chi connectivity index (χ0) is 12.8. The molecule has 5 nitrogen and oxygen atoms in total. The molecule has 1 fully saturated rings. The summed E-state index contributed by atoms with van der Waals surface area (Å²) < 4.78 is 1.96. The van der Waals surface area contributed by atoms with Crippen LogP contribution in [0.1, 0.15) is 32.4 Å². The van der Waals surface area contributed by atoms with Crippen LogP contribution in [0, 0.1) is 5.92 Å². The molecule has 18 heavy (non-hydrogen) atoms. The van der Waals surface area contributed by atoms with Gasteiger partial charge in [-0.15, -0.1) is 5.10 Å². The van der Waals surface area contributed by atoms with Crippen molar-refractivity contribution in [2.24, 2.45) is 5.92 Å². The van der Waals surface area contributed by atoms with E-state index in [9.17, 15) is 0 Å². The molecule has 0 bridgehead atoms. The zero-order valence-corrected chi connectivity index (χ0v) is 11.6. The minimum Gasteiger partial charge on any atom is -0.311 e. The Morgan fingerprint density at radius 1 is 1.33 bits per heavy atom. The maximum atomic E-state index is 4.17. The summed E-state index contributed by atoms with van der Waals surface area (Å²) in [7, 11) is 0. The quantitative estimate of drug-likeness (QED) is 0.823. The zero-order valence-electron chi connectivity index (χ0n) is 11.6. The minimum atomic E-state index is 0.817. The SMILES string of the molecule is CCNCc1cn(CCN2CCC(C)CC2)nn1. The van der Waals surface area contributed by atoms with E-state index in [2.05, 4.69) is 40.6 Å². The van der Waals surface area contributed by atoms with Gasteiger partial charge in [-0.3, -0.25) is 4.68 Å². The Labute approximate surface area is 110 Å². The number of nitrogens with zero attached hydrogens (tertiary/aromatic N) is 4. The van der Waals surface area contributed by atoms with Crippen LogP contribution >= 0.6 is 0 Å². The molecule has 1 saturated heterocycles. The lowest BCUT2D eigenvalue weighted by atomic mass is 9.99. The minimum absolute atomic E-state index is 0.817. The average Bonchev–Trinajstić information content (AvgIpc) is 2.84. The third-order valence-electron chi connectivity index (χ3n) is 3.66. The Bertz CT molecular complexity index is 341. The Kier molecular flexibility index (Phi) is 5.13. The van der Waals surface area contributed by atoms with E-state index in [1.807, 2.05) is 4.68 Å². The van der Waals surface area contributed by atoms with Crippen LogP contribution in [0.4, 0.5) is 0 Å². The van der Waals surface area contributed by atoms with Crippen LogP contribution in [0.2, 0.25) is 0 Å². The first kappa shape index (κ1) is 13.5. The van der Waals surface area contributed by atoms with Gasteiger partial charge in [0.25, 0.3) is 0 Å². The highest BCUT2D eigenvalue weighted by Crippen LogP contribution is 2.15. The predicted octanol–water partition coefficient (Wildman–Crippen LogP) is 1.12. The van der Waals surface area contributed by atoms with Crippen molar-refractivity contribution in [2.45, 2.75) is 39.8 Å². The fraction of sp³-hybridized carbons (Fsp3) is 0.846. The lowest BCUT2D eigenvalue weighted by molar-refractivity contribution is 0.184. The lowest BCUT2D eigenvalue weighted by Gasteiger charge is -2.29. The largest absolute Gasteiger partial charge is 0.311 e. The Balaban J connectivity index is 1.71. The van der Waals surface area contributed by atoms with Crippen LogP contribution in [0.25, 0.3) is 0 Å². The van der Waals surface area contributed by atoms with Gasteiger partial charge in [-0.2, -0.15) is 0 Å². The summed E-state index contributed by atoms with van der Waals surface area (Å²) in [5.74, 6) is 0.902. The number of aromatic nitrogens is 3. The summed E-state index contributed by atoms with van der Waals surface area (Å²) >= 11 is 0. The second kappa shape index (κ2) is 6.85. The molecule has 0 unspecified atom stereocenters. The molecular formula is C13H25N5. The highest BCUT2D eigenvalue weighted by Gasteiger charge is 2.15. The van der Waals surface area contributed by atoms with Crippen LogP contribution in [0.15, 0.2) is 6.20 Å². The summed E-state index contributed by atoms with van der Waals surface area (Å²) in [6, 6.07) is 0. The molecule has 5 heteroatoms. The van der Waals surface area contributed by atoms with E-state index in [1.54, 1.807) is 0 Å². The second-order valence-corrected chi connectivity index (χ2v) is 5.28.